The van der Waals surface area contributed by atoms with Gasteiger partial charge < -0.3 is 9.84 Å². The van der Waals surface area contributed by atoms with Gasteiger partial charge in [0.15, 0.2) is 0 Å². The lowest BCUT2D eigenvalue weighted by Gasteiger charge is -2.45. The number of hydrogen-bond acceptors (Lipinski definition) is 2. The second kappa shape index (κ2) is 10.0. The minimum Gasteiger partial charge on any atom is -0.497 e. The molecule has 1 saturated carbocycles. The summed E-state index contributed by atoms with van der Waals surface area (Å²) in [6.45, 7) is 0. The summed E-state index contributed by atoms with van der Waals surface area (Å²) in [5.74, 6) is -0.0317. The van der Waals surface area contributed by atoms with Gasteiger partial charge in [-0.05, 0) is 59.9 Å². The average Bonchev–Trinajstić information content (AvgIpc) is 2.84. The van der Waals surface area contributed by atoms with Crippen LogP contribution in [0.3, 0.4) is 0 Å². The second-order valence-corrected chi connectivity index (χ2v) is 9.11. The van der Waals surface area contributed by atoms with Crippen LogP contribution < -0.4 is 4.74 Å². The van der Waals surface area contributed by atoms with Crippen molar-refractivity contribution >= 4 is 5.97 Å². The summed E-state index contributed by atoms with van der Waals surface area (Å²) in [5.41, 5.74) is 3.33. The number of aliphatic carboxylic acids is 1. The first kappa shape index (κ1) is 22.1. The van der Waals surface area contributed by atoms with E-state index in [1.165, 1.54) is 11.1 Å². The predicted octanol–water partition coefficient (Wildman–Crippen LogP) is 6.72. The van der Waals surface area contributed by atoms with Crippen LogP contribution in [-0.2, 0) is 11.2 Å². The highest BCUT2D eigenvalue weighted by atomic mass is 16.5. The van der Waals surface area contributed by atoms with E-state index in [0.29, 0.717) is 0 Å². The first-order chi connectivity index (χ1) is 15.6. The van der Waals surface area contributed by atoms with Crippen LogP contribution in [0.5, 0.6) is 5.75 Å². The van der Waals surface area contributed by atoms with Crippen molar-refractivity contribution in [1.82, 2.24) is 0 Å². The lowest BCUT2D eigenvalue weighted by atomic mass is 9.58. The van der Waals surface area contributed by atoms with Crippen LogP contribution in [0, 0.1) is 11.3 Å². The number of carboxylic acids is 1. The Morgan fingerprint density at radius 3 is 2.22 bits per heavy atom. The summed E-state index contributed by atoms with van der Waals surface area (Å²) in [6, 6.07) is 29.2. The maximum absolute atomic E-state index is 12.5. The van der Waals surface area contributed by atoms with E-state index in [-0.39, 0.29) is 17.3 Å². The molecule has 0 radical (unpaired) electrons. The zero-order valence-corrected chi connectivity index (χ0v) is 18.7. The zero-order chi connectivity index (χ0) is 22.4. The number of hydrogen-bond donors (Lipinski definition) is 1. The van der Waals surface area contributed by atoms with Crippen LogP contribution in [0.1, 0.15) is 54.7 Å². The molecule has 4 rings (SSSR count). The van der Waals surface area contributed by atoms with Gasteiger partial charge in [0, 0.05) is 5.92 Å². The Balaban J connectivity index is 1.78. The minimum absolute atomic E-state index is 0.156. The van der Waals surface area contributed by atoms with Crippen molar-refractivity contribution in [2.24, 2.45) is 11.3 Å². The summed E-state index contributed by atoms with van der Waals surface area (Å²) in [6.07, 6.45) is 5.29. The van der Waals surface area contributed by atoms with Crippen LogP contribution in [0.4, 0.5) is 0 Å². The molecule has 0 spiro atoms. The van der Waals surface area contributed by atoms with Gasteiger partial charge in [-0.2, -0.15) is 0 Å². The highest BCUT2D eigenvalue weighted by molar-refractivity contribution is 5.71. The van der Waals surface area contributed by atoms with Crippen molar-refractivity contribution in [3.8, 4) is 5.75 Å². The third-order valence-corrected chi connectivity index (χ3v) is 7.16. The average molecular weight is 429 g/mol. The van der Waals surface area contributed by atoms with E-state index < -0.39 is 5.97 Å². The van der Waals surface area contributed by atoms with Crippen LogP contribution in [0.2, 0.25) is 0 Å². The van der Waals surface area contributed by atoms with Crippen molar-refractivity contribution in [2.75, 3.05) is 7.11 Å². The molecule has 2 atom stereocenters. The Morgan fingerprint density at radius 2 is 1.62 bits per heavy atom. The fourth-order valence-electron chi connectivity index (χ4n) is 5.61. The van der Waals surface area contributed by atoms with Gasteiger partial charge in [-0.3, -0.25) is 4.79 Å². The van der Waals surface area contributed by atoms with Gasteiger partial charge in [0.1, 0.15) is 5.75 Å². The van der Waals surface area contributed by atoms with Crippen molar-refractivity contribution in [3.63, 3.8) is 0 Å². The summed E-state index contributed by atoms with van der Waals surface area (Å²) in [5, 5.41) is 10.3. The molecule has 0 aromatic heterocycles. The monoisotopic (exact) mass is 428 g/mol. The van der Waals surface area contributed by atoms with Gasteiger partial charge in [0.25, 0.3) is 0 Å². The molecule has 0 saturated heterocycles. The maximum atomic E-state index is 12.5. The summed E-state index contributed by atoms with van der Waals surface area (Å²) in [7, 11) is 1.68. The predicted molar refractivity (Wildman–Crippen MR) is 128 cm³/mol. The van der Waals surface area contributed by atoms with Gasteiger partial charge in [-0.25, -0.2) is 0 Å². The molecule has 0 bridgehead atoms. The van der Waals surface area contributed by atoms with E-state index in [1.807, 2.05) is 24.3 Å². The standard InChI is InChI=1S/C29H32O3/c1-32-25-16-10-11-22(19-25)20-29(18-9-8-17-27(29)28(30)31)21-26(23-12-4-2-5-13-23)24-14-6-3-7-15-24/h2-7,10-16,19,26-27H,8-9,17-18,20-21H2,1H3,(H,30,31). The van der Waals surface area contributed by atoms with Crippen molar-refractivity contribution in [1.29, 1.82) is 0 Å². The number of ether oxygens (including phenoxy) is 1. The fraction of sp³-hybridized carbons (Fsp3) is 0.345. The van der Waals surface area contributed by atoms with E-state index in [2.05, 4.69) is 60.7 Å². The molecule has 3 heteroatoms. The van der Waals surface area contributed by atoms with Crippen molar-refractivity contribution in [3.05, 3.63) is 102 Å². The highest BCUT2D eigenvalue weighted by Gasteiger charge is 2.46. The third-order valence-electron chi connectivity index (χ3n) is 7.16. The fourth-order valence-corrected chi connectivity index (χ4v) is 5.61. The topological polar surface area (TPSA) is 46.5 Å². The number of carbonyl (C=O) groups is 1. The molecule has 1 aliphatic carbocycles. The Hall–Kier alpha value is -3.07. The van der Waals surface area contributed by atoms with Gasteiger partial charge in [0.05, 0.1) is 13.0 Å². The summed E-state index contributed by atoms with van der Waals surface area (Å²) < 4.78 is 5.45. The molecule has 1 fully saturated rings. The molecule has 0 aliphatic heterocycles. The van der Waals surface area contributed by atoms with Gasteiger partial charge >= 0.3 is 5.97 Å². The molecule has 3 nitrogen and oxygen atoms in total. The van der Waals surface area contributed by atoms with E-state index in [0.717, 1.165) is 49.8 Å². The number of methoxy groups -OCH3 is 1. The summed E-state index contributed by atoms with van der Waals surface area (Å²) in [4.78, 5) is 12.5. The first-order valence-corrected chi connectivity index (χ1v) is 11.6. The first-order valence-electron chi connectivity index (χ1n) is 11.6. The summed E-state index contributed by atoms with van der Waals surface area (Å²) >= 11 is 0. The smallest absolute Gasteiger partial charge is 0.307 e. The highest BCUT2D eigenvalue weighted by Crippen LogP contribution is 2.51. The van der Waals surface area contributed by atoms with E-state index in [4.69, 9.17) is 4.74 Å². The van der Waals surface area contributed by atoms with Gasteiger partial charge in [0.2, 0.25) is 0 Å². The quantitative estimate of drug-likeness (QED) is 0.433. The van der Waals surface area contributed by atoms with E-state index >= 15 is 0 Å². The third kappa shape index (κ3) is 4.88. The molecule has 1 aliphatic rings. The molecular formula is C29H32O3. The normalized spacial score (nSPS) is 20.8. The molecule has 32 heavy (non-hydrogen) atoms. The van der Waals surface area contributed by atoms with E-state index in [9.17, 15) is 9.90 Å². The van der Waals surface area contributed by atoms with Crippen LogP contribution in [-0.4, -0.2) is 18.2 Å². The molecule has 3 aromatic rings. The van der Waals surface area contributed by atoms with Crippen LogP contribution in [0.15, 0.2) is 84.9 Å². The Labute approximate surface area is 191 Å². The zero-order valence-electron chi connectivity index (χ0n) is 18.7. The number of benzene rings is 3. The molecule has 0 amide bonds. The van der Waals surface area contributed by atoms with Crippen molar-refractivity contribution in [2.45, 2.75) is 44.4 Å². The Morgan fingerprint density at radius 1 is 0.969 bits per heavy atom. The Bertz CT molecular complexity index is 975. The minimum atomic E-state index is -0.660. The number of rotatable bonds is 8. The van der Waals surface area contributed by atoms with Crippen LogP contribution >= 0.6 is 0 Å². The van der Waals surface area contributed by atoms with Crippen LogP contribution in [0.25, 0.3) is 0 Å². The lowest BCUT2D eigenvalue weighted by Crippen LogP contribution is -2.41. The number of carboxylic acid groups (broad SMARTS) is 1. The maximum Gasteiger partial charge on any atom is 0.307 e. The molecule has 3 aromatic carbocycles. The molecule has 0 heterocycles. The van der Waals surface area contributed by atoms with Gasteiger partial charge in [-0.1, -0.05) is 85.6 Å². The lowest BCUT2D eigenvalue weighted by molar-refractivity contribution is -0.149. The molecular weight excluding hydrogens is 396 g/mol. The molecule has 1 N–H and O–H groups in total. The van der Waals surface area contributed by atoms with E-state index in [1.54, 1.807) is 7.11 Å². The van der Waals surface area contributed by atoms with Gasteiger partial charge in [-0.15, -0.1) is 0 Å². The van der Waals surface area contributed by atoms with Crippen molar-refractivity contribution < 1.29 is 14.6 Å². The second-order valence-electron chi connectivity index (χ2n) is 9.11. The Kier molecular flexibility index (Phi) is 6.94. The molecule has 166 valence electrons. The molecule has 2 unspecified atom stereocenters. The SMILES string of the molecule is COc1cccc(CC2(CC(c3ccccc3)c3ccccc3)CCCCC2C(=O)O)c1. The largest absolute Gasteiger partial charge is 0.497 e.